The number of ketones is 1. The Bertz CT molecular complexity index is 692. The lowest BCUT2D eigenvalue weighted by Crippen LogP contribution is -2.08. The van der Waals surface area contributed by atoms with Gasteiger partial charge in [0.25, 0.3) is 0 Å². The van der Waals surface area contributed by atoms with Gasteiger partial charge in [-0.2, -0.15) is 0 Å². The molecule has 0 atom stereocenters. The normalized spacial score (nSPS) is 10.2. The summed E-state index contributed by atoms with van der Waals surface area (Å²) in [6, 6.07) is 11.0. The maximum Gasteiger partial charge on any atom is 0.311 e. The number of rotatable bonds is 5. The lowest BCUT2D eigenvalue weighted by Gasteiger charge is -2.10. The molecule has 114 valence electrons. The third kappa shape index (κ3) is 3.25. The second-order valence-corrected chi connectivity index (χ2v) is 4.73. The van der Waals surface area contributed by atoms with E-state index >= 15 is 0 Å². The van der Waals surface area contributed by atoms with Crippen LogP contribution in [0.15, 0.2) is 42.5 Å². The van der Waals surface area contributed by atoms with Crippen molar-refractivity contribution in [3.05, 3.63) is 53.6 Å². The van der Waals surface area contributed by atoms with Crippen molar-refractivity contribution in [1.82, 2.24) is 0 Å². The molecule has 0 aliphatic carbocycles. The van der Waals surface area contributed by atoms with E-state index in [1.165, 1.54) is 12.1 Å². The molecule has 0 aliphatic heterocycles. The summed E-state index contributed by atoms with van der Waals surface area (Å²) in [6.07, 6.45) is 0.807. The van der Waals surface area contributed by atoms with Gasteiger partial charge in [0.1, 0.15) is 0 Å². The van der Waals surface area contributed by atoms with Gasteiger partial charge < -0.3 is 14.9 Å². The minimum atomic E-state index is -0.619. The number of phenolic OH excluding ortho intramolecular Hbond substituents is 2. The van der Waals surface area contributed by atoms with Crippen molar-refractivity contribution < 1.29 is 24.5 Å². The molecule has 0 bridgehead atoms. The molecule has 5 heteroatoms. The predicted octanol–water partition coefficient (Wildman–Crippen LogP) is 3.03. The van der Waals surface area contributed by atoms with E-state index in [0.717, 1.165) is 0 Å². The van der Waals surface area contributed by atoms with Crippen LogP contribution in [-0.4, -0.2) is 22.0 Å². The number of hydrogen-bond acceptors (Lipinski definition) is 5. The van der Waals surface area contributed by atoms with Gasteiger partial charge in [0.15, 0.2) is 17.3 Å². The lowest BCUT2D eigenvalue weighted by molar-refractivity contribution is -0.134. The number of hydrogen-bond donors (Lipinski definition) is 2. The van der Waals surface area contributed by atoms with Gasteiger partial charge in [-0.25, -0.2) is 0 Å². The molecule has 0 saturated heterocycles. The summed E-state index contributed by atoms with van der Waals surface area (Å²) in [5.74, 6) is -2.33. The summed E-state index contributed by atoms with van der Waals surface area (Å²) in [5, 5.41) is 19.9. The number of carbonyl (C=O) groups excluding carboxylic acids is 2. The van der Waals surface area contributed by atoms with Crippen molar-refractivity contribution >= 4 is 11.8 Å². The van der Waals surface area contributed by atoms with Crippen LogP contribution in [0.1, 0.15) is 35.7 Å². The number of esters is 1. The molecule has 0 spiro atoms. The second kappa shape index (κ2) is 6.76. The Morgan fingerprint density at radius 2 is 1.68 bits per heavy atom. The number of phenols is 2. The molecule has 2 aromatic rings. The molecule has 0 amide bonds. The molecular weight excluding hydrogens is 284 g/mol. The topological polar surface area (TPSA) is 83.8 Å². The second-order valence-electron chi connectivity index (χ2n) is 4.73. The molecule has 2 aromatic carbocycles. The average molecular weight is 300 g/mol. The van der Waals surface area contributed by atoms with E-state index in [1.54, 1.807) is 30.3 Å². The smallest absolute Gasteiger partial charge is 0.311 e. The third-order valence-corrected chi connectivity index (χ3v) is 3.07. The van der Waals surface area contributed by atoms with E-state index in [-0.39, 0.29) is 17.7 Å². The van der Waals surface area contributed by atoms with Gasteiger partial charge >= 0.3 is 5.97 Å². The first-order chi connectivity index (χ1) is 10.5. The zero-order valence-corrected chi connectivity index (χ0v) is 12.1. The number of aromatic hydroxyl groups is 2. The van der Waals surface area contributed by atoms with Gasteiger partial charge in [0.2, 0.25) is 5.75 Å². The Labute approximate surface area is 127 Å². The van der Waals surface area contributed by atoms with Crippen molar-refractivity contribution in [2.24, 2.45) is 0 Å². The fourth-order valence-electron chi connectivity index (χ4n) is 1.95. The van der Waals surface area contributed by atoms with Crippen molar-refractivity contribution in [3.63, 3.8) is 0 Å². The van der Waals surface area contributed by atoms with Crippen LogP contribution >= 0.6 is 0 Å². The fourth-order valence-corrected chi connectivity index (χ4v) is 1.95. The maximum absolute atomic E-state index is 12.3. The van der Waals surface area contributed by atoms with Gasteiger partial charge in [-0.3, -0.25) is 9.59 Å². The van der Waals surface area contributed by atoms with Gasteiger partial charge in [-0.15, -0.1) is 0 Å². The van der Waals surface area contributed by atoms with E-state index in [9.17, 15) is 19.8 Å². The van der Waals surface area contributed by atoms with Gasteiger partial charge in [0, 0.05) is 12.0 Å². The highest BCUT2D eigenvalue weighted by molar-refractivity contribution is 6.11. The Hall–Kier alpha value is -2.82. The summed E-state index contributed by atoms with van der Waals surface area (Å²) in [7, 11) is 0. The first kappa shape index (κ1) is 15.6. The predicted molar refractivity (Wildman–Crippen MR) is 80.2 cm³/mol. The average Bonchev–Trinajstić information content (AvgIpc) is 2.52. The van der Waals surface area contributed by atoms with Crippen LogP contribution in [0.4, 0.5) is 0 Å². The molecule has 0 fully saturated rings. The quantitative estimate of drug-likeness (QED) is 0.384. The monoisotopic (exact) mass is 300 g/mol. The first-order valence-corrected chi connectivity index (χ1v) is 6.90. The molecule has 22 heavy (non-hydrogen) atoms. The van der Waals surface area contributed by atoms with Crippen LogP contribution in [0, 0.1) is 0 Å². The van der Waals surface area contributed by atoms with Crippen LogP contribution in [0.25, 0.3) is 0 Å². The summed E-state index contributed by atoms with van der Waals surface area (Å²) in [6.45, 7) is 1.82. The molecule has 5 nitrogen and oxygen atoms in total. The number of carbonyl (C=O) groups is 2. The van der Waals surface area contributed by atoms with Crippen LogP contribution in [-0.2, 0) is 4.79 Å². The van der Waals surface area contributed by atoms with E-state index in [2.05, 4.69) is 0 Å². The number of benzene rings is 2. The summed E-state index contributed by atoms with van der Waals surface area (Å²) < 4.78 is 4.95. The Kier molecular flexibility index (Phi) is 4.78. The molecule has 0 aliphatic rings. The van der Waals surface area contributed by atoms with E-state index in [1.807, 2.05) is 6.92 Å². The highest BCUT2D eigenvalue weighted by atomic mass is 16.5. The Morgan fingerprint density at radius 1 is 1.00 bits per heavy atom. The van der Waals surface area contributed by atoms with Crippen LogP contribution in [0.2, 0.25) is 0 Å². The highest BCUT2D eigenvalue weighted by Crippen LogP contribution is 2.39. The Balaban J connectivity index is 2.31. The summed E-state index contributed by atoms with van der Waals surface area (Å²) >= 11 is 0. The lowest BCUT2D eigenvalue weighted by atomic mass is 10.0. The standard InChI is InChI=1S/C17H16O5/c1-2-6-14(18)22-13-10-9-12(16(20)17(13)21)15(19)11-7-4-3-5-8-11/h3-5,7-10,20-21H,2,6H2,1H3. The molecule has 0 unspecified atom stereocenters. The highest BCUT2D eigenvalue weighted by Gasteiger charge is 2.20. The summed E-state index contributed by atoms with van der Waals surface area (Å²) in [5.41, 5.74) is 0.326. The number of ether oxygens (including phenoxy) is 1. The minimum absolute atomic E-state index is 0.0565. The van der Waals surface area contributed by atoms with E-state index in [4.69, 9.17) is 4.74 Å². The SMILES string of the molecule is CCCC(=O)Oc1ccc(C(=O)c2ccccc2)c(O)c1O. The van der Waals surface area contributed by atoms with Crippen LogP contribution in [0.5, 0.6) is 17.2 Å². The fraction of sp³-hybridized carbons (Fsp3) is 0.176. The summed E-state index contributed by atoms with van der Waals surface area (Å²) in [4.78, 5) is 23.7. The van der Waals surface area contributed by atoms with E-state index in [0.29, 0.717) is 12.0 Å². The zero-order valence-electron chi connectivity index (χ0n) is 12.1. The van der Waals surface area contributed by atoms with E-state index < -0.39 is 23.3 Å². The van der Waals surface area contributed by atoms with Crippen molar-refractivity contribution in [3.8, 4) is 17.2 Å². The largest absolute Gasteiger partial charge is 0.504 e. The minimum Gasteiger partial charge on any atom is -0.504 e. The zero-order chi connectivity index (χ0) is 16.1. The third-order valence-electron chi connectivity index (χ3n) is 3.07. The van der Waals surface area contributed by atoms with Crippen molar-refractivity contribution in [2.75, 3.05) is 0 Å². The van der Waals surface area contributed by atoms with Gasteiger partial charge in [-0.05, 0) is 18.6 Å². The molecule has 0 aromatic heterocycles. The molecule has 0 heterocycles. The van der Waals surface area contributed by atoms with Crippen LogP contribution < -0.4 is 4.74 Å². The molecule has 0 radical (unpaired) electrons. The molecular formula is C17H16O5. The van der Waals surface area contributed by atoms with Gasteiger partial charge in [-0.1, -0.05) is 37.3 Å². The van der Waals surface area contributed by atoms with Crippen molar-refractivity contribution in [2.45, 2.75) is 19.8 Å². The molecule has 0 saturated carbocycles. The Morgan fingerprint density at radius 3 is 2.32 bits per heavy atom. The maximum atomic E-state index is 12.3. The van der Waals surface area contributed by atoms with Crippen molar-refractivity contribution in [1.29, 1.82) is 0 Å². The molecule has 2 N–H and O–H groups in total. The molecule has 2 rings (SSSR count). The van der Waals surface area contributed by atoms with Crippen LogP contribution in [0.3, 0.4) is 0 Å². The first-order valence-electron chi connectivity index (χ1n) is 6.90. The van der Waals surface area contributed by atoms with Gasteiger partial charge in [0.05, 0.1) is 5.56 Å².